The third-order valence-corrected chi connectivity index (χ3v) is 6.30. The van der Waals surface area contributed by atoms with Gasteiger partial charge in [-0.1, -0.05) is 35.9 Å². The van der Waals surface area contributed by atoms with Crippen LogP contribution in [0.25, 0.3) is 0 Å². The van der Waals surface area contributed by atoms with Gasteiger partial charge in [0.1, 0.15) is 5.60 Å². The minimum absolute atomic E-state index is 0.202. The van der Waals surface area contributed by atoms with Crippen LogP contribution in [0.4, 0.5) is 4.79 Å². The van der Waals surface area contributed by atoms with Crippen molar-refractivity contribution in [3.63, 3.8) is 0 Å². The van der Waals surface area contributed by atoms with Gasteiger partial charge in [0.25, 0.3) is 0 Å². The summed E-state index contributed by atoms with van der Waals surface area (Å²) in [6, 6.07) is 0. The number of piperidine rings is 1. The zero-order valence-corrected chi connectivity index (χ0v) is 17.2. The van der Waals surface area contributed by atoms with Crippen molar-refractivity contribution in [2.24, 2.45) is 5.92 Å². The zero-order chi connectivity index (χ0) is 17.1. The second-order valence-electron chi connectivity index (χ2n) is 8.08. The SMILES string of the molecule is CCC(OC1(CI)CCCN(C(=O)OC(C)(C)C)C1)C1CCC1. The number of hydrogen-bond donors (Lipinski definition) is 0. The summed E-state index contributed by atoms with van der Waals surface area (Å²) in [6.07, 6.45) is 7.17. The maximum absolute atomic E-state index is 12.4. The van der Waals surface area contributed by atoms with Gasteiger partial charge < -0.3 is 14.4 Å². The van der Waals surface area contributed by atoms with Gasteiger partial charge in [-0.15, -0.1) is 0 Å². The number of alkyl halides is 1. The highest BCUT2D eigenvalue weighted by Gasteiger charge is 2.42. The van der Waals surface area contributed by atoms with Crippen LogP contribution in [0.3, 0.4) is 0 Å². The van der Waals surface area contributed by atoms with E-state index in [1.54, 1.807) is 0 Å². The third kappa shape index (κ3) is 5.21. The number of carbonyl (C=O) groups excluding carboxylic acids is 1. The maximum Gasteiger partial charge on any atom is 0.410 e. The van der Waals surface area contributed by atoms with E-state index in [1.165, 1.54) is 19.3 Å². The molecule has 0 spiro atoms. The van der Waals surface area contributed by atoms with Crippen LogP contribution in [0.5, 0.6) is 0 Å². The summed E-state index contributed by atoms with van der Waals surface area (Å²) < 4.78 is 13.1. The summed E-state index contributed by atoms with van der Waals surface area (Å²) in [5.74, 6) is 0.719. The molecule has 1 heterocycles. The van der Waals surface area contributed by atoms with Gasteiger partial charge in [-0.3, -0.25) is 0 Å². The molecule has 23 heavy (non-hydrogen) atoms. The zero-order valence-electron chi connectivity index (χ0n) is 15.1. The van der Waals surface area contributed by atoms with Crippen molar-refractivity contribution < 1.29 is 14.3 Å². The number of nitrogens with zero attached hydrogens (tertiary/aromatic N) is 1. The molecule has 2 unspecified atom stereocenters. The molecule has 134 valence electrons. The number of rotatable bonds is 5. The summed E-state index contributed by atoms with van der Waals surface area (Å²) >= 11 is 2.42. The number of ether oxygens (including phenoxy) is 2. The summed E-state index contributed by atoms with van der Waals surface area (Å²) in [6.45, 7) is 9.41. The second kappa shape index (κ2) is 7.89. The van der Waals surface area contributed by atoms with Gasteiger partial charge in [-0.25, -0.2) is 4.79 Å². The molecule has 1 saturated carbocycles. The largest absolute Gasteiger partial charge is 0.444 e. The van der Waals surface area contributed by atoms with Crippen molar-refractivity contribution in [1.29, 1.82) is 0 Å². The Balaban J connectivity index is 2.01. The van der Waals surface area contributed by atoms with E-state index in [0.29, 0.717) is 12.6 Å². The lowest BCUT2D eigenvalue weighted by Crippen LogP contribution is -2.55. The minimum atomic E-state index is -0.444. The first kappa shape index (κ1) is 19.3. The topological polar surface area (TPSA) is 38.8 Å². The lowest BCUT2D eigenvalue weighted by molar-refractivity contribution is -0.139. The number of hydrogen-bond acceptors (Lipinski definition) is 3. The molecule has 1 amide bonds. The van der Waals surface area contributed by atoms with Gasteiger partial charge in [-0.05, 0) is 58.8 Å². The highest BCUT2D eigenvalue weighted by Crippen LogP contribution is 2.37. The van der Waals surface area contributed by atoms with Crippen molar-refractivity contribution in [2.45, 2.75) is 83.5 Å². The molecule has 1 aliphatic carbocycles. The van der Waals surface area contributed by atoms with Crippen molar-refractivity contribution in [2.75, 3.05) is 17.5 Å². The molecule has 0 aromatic heterocycles. The van der Waals surface area contributed by atoms with Crippen LogP contribution in [-0.4, -0.2) is 45.8 Å². The maximum atomic E-state index is 12.4. The van der Waals surface area contributed by atoms with Crippen LogP contribution in [-0.2, 0) is 9.47 Å². The first-order valence-electron chi connectivity index (χ1n) is 9.00. The van der Waals surface area contributed by atoms with Gasteiger partial charge in [0.2, 0.25) is 0 Å². The lowest BCUT2D eigenvalue weighted by Gasteiger charge is -2.46. The molecule has 2 aliphatic rings. The van der Waals surface area contributed by atoms with Gasteiger partial charge in [0.15, 0.2) is 0 Å². The molecule has 2 fully saturated rings. The Bertz CT molecular complexity index is 406. The standard InChI is InChI=1S/C18H32INO3/c1-5-15(14-8-6-9-14)22-18(12-19)10-7-11-20(13-18)16(21)23-17(2,3)4/h14-15H,5-13H2,1-4H3. The van der Waals surface area contributed by atoms with Crippen molar-refractivity contribution >= 4 is 28.7 Å². The van der Waals surface area contributed by atoms with Crippen molar-refractivity contribution in [3.05, 3.63) is 0 Å². The molecular formula is C18H32INO3. The lowest BCUT2D eigenvalue weighted by atomic mass is 9.79. The van der Waals surface area contributed by atoms with Gasteiger partial charge in [-0.2, -0.15) is 0 Å². The van der Waals surface area contributed by atoms with Gasteiger partial charge in [0.05, 0.1) is 18.2 Å². The normalized spacial score (nSPS) is 27.4. The first-order chi connectivity index (χ1) is 10.8. The Morgan fingerprint density at radius 3 is 2.52 bits per heavy atom. The second-order valence-corrected chi connectivity index (χ2v) is 8.84. The minimum Gasteiger partial charge on any atom is -0.444 e. The van der Waals surface area contributed by atoms with Crippen molar-refractivity contribution in [3.8, 4) is 0 Å². The summed E-state index contributed by atoms with van der Waals surface area (Å²) in [5, 5.41) is 0. The Morgan fingerprint density at radius 2 is 2.04 bits per heavy atom. The fourth-order valence-corrected chi connectivity index (χ4v) is 4.27. The molecule has 1 saturated heterocycles. The fourth-order valence-electron chi connectivity index (χ4n) is 3.46. The first-order valence-corrected chi connectivity index (χ1v) is 10.5. The molecule has 0 radical (unpaired) electrons. The quantitative estimate of drug-likeness (QED) is 0.459. The van der Waals surface area contributed by atoms with Crippen LogP contribution in [0.15, 0.2) is 0 Å². The Labute approximate surface area is 154 Å². The van der Waals surface area contributed by atoms with Crippen LogP contribution >= 0.6 is 22.6 Å². The molecule has 0 bridgehead atoms. The van der Waals surface area contributed by atoms with E-state index in [-0.39, 0.29) is 11.7 Å². The monoisotopic (exact) mass is 437 g/mol. The molecular weight excluding hydrogens is 405 g/mol. The fraction of sp³-hybridized carbons (Fsp3) is 0.944. The Morgan fingerprint density at radius 1 is 1.35 bits per heavy atom. The molecule has 0 N–H and O–H groups in total. The average molecular weight is 437 g/mol. The molecule has 5 heteroatoms. The predicted octanol–water partition coefficient (Wildman–Crippen LogP) is 4.79. The van der Waals surface area contributed by atoms with E-state index in [0.717, 1.165) is 36.2 Å². The molecule has 1 aliphatic heterocycles. The van der Waals surface area contributed by atoms with Gasteiger partial charge in [0, 0.05) is 11.0 Å². The molecule has 2 atom stereocenters. The third-order valence-electron chi connectivity index (χ3n) is 4.91. The van der Waals surface area contributed by atoms with E-state index < -0.39 is 5.60 Å². The van der Waals surface area contributed by atoms with Crippen molar-refractivity contribution in [1.82, 2.24) is 4.90 Å². The van der Waals surface area contributed by atoms with Gasteiger partial charge >= 0.3 is 6.09 Å². The Kier molecular flexibility index (Phi) is 6.62. The molecule has 0 aromatic rings. The smallest absolute Gasteiger partial charge is 0.410 e. The Hall–Kier alpha value is -0.0400. The molecule has 4 nitrogen and oxygen atoms in total. The number of amides is 1. The van der Waals surface area contributed by atoms with Crippen LogP contribution in [0, 0.1) is 5.92 Å². The van der Waals surface area contributed by atoms with E-state index >= 15 is 0 Å². The van der Waals surface area contributed by atoms with E-state index in [1.807, 2.05) is 25.7 Å². The summed E-state index contributed by atoms with van der Waals surface area (Å²) in [5.41, 5.74) is -0.647. The van der Waals surface area contributed by atoms with E-state index in [2.05, 4.69) is 29.5 Å². The van der Waals surface area contributed by atoms with E-state index in [9.17, 15) is 4.79 Å². The number of carbonyl (C=O) groups is 1. The highest BCUT2D eigenvalue weighted by atomic mass is 127. The summed E-state index contributed by atoms with van der Waals surface area (Å²) in [4.78, 5) is 14.3. The molecule has 2 rings (SSSR count). The average Bonchev–Trinajstić information content (AvgIpc) is 2.43. The highest BCUT2D eigenvalue weighted by molar-refractivity contribution is 14.1. The number of likely N-dealkylation sites (tertiary alicyclic amines) is 1. The predicted molar refractivity (Wildman–Crippen MR) is 101 cm³/mol. The van der Waals surface area contributed by atoms with Crippen LogP contribution in [0.1, 0.15) is 66.2 Å². The summed E-state index contributed by atoms with van der Waals surface area (Å²) in [7, 11) is 0. The van der Waals surface area contributed by atoms with Crippen LogP contribution < -0.4 is 0 Å². The number of halogens is 1. The van der Waals surface area contributed by atoms with E-state index in [4.69, 9.17) is 9.47 Å². The van der Waals surface area contributed by atoms with Crippen LogP contribution in [0.2, 0.25) is 0 Å². The molecule has 0 aromatic carbocycles.